The summed E-state index contributed by atoms with van der Waals surface area (Å²) in [4.78, 5) is 2.05. The molecule has 3 heteroatoms. The molecule has 0 bridgehead atoms. The number of benzene rings is 1. The standard InChI is InChI=1S/C12H20N2O/c1-12(2,9-15)13-10-6-5-7-11(8-10)14(3)4/h5-8,13,15H,9H2,1-4H3. The molecule has 1 aromatic rings. The molecule has 0 atom stereocenters. The zero-order valence-electron chi connectivity index (χ0n) is 9.91. The van der Waals surface area contributed by atoms with E-state index in [-0.39, 0.29) is 12.1 Å². The van der Waals surface area contributed by atoms with Gasteiger partial charge in [0, 0.05) is 25.5 Å². The Balaban J connectivity index is 2.82. The molecule has 0 amide bonds. The fourth-order valence-electron chi connectivity index (χ4n) is 1.29. The van der Waals surface area contributed by atoms with Crippen LogP contribution < -0.4 is 10.2 Å². The van der Waals surface area contributed by atoms with Gasteiger partial charge in [-0.2, -0.15) is 0 Å². The van der Waals surface area contributed by atoms with E-state index < -0.39 is 0 Å². The molecule has 1 aromatic carbocycles. The van der Waals surface area contributed by atoms with Crippen molar-refractivity contribution in [1.82, 2.24) is 0 Å². The number of aliphatic hydroxyl groups is 1. The van der Waals surface area contributed by atoms with Crippen molar-refractivity contribution in [2.24, 2.45) is 0 Å². The van der Waals surface area contributed by atoms with Gasteiger partial charge in [-0.15, -0.1) is 0 Å². The molecule has 0 fully saturated rings. The number of hydrogen-bond donors (Lipinski definition) is 2. The average molecular weight is 208 g/mol. The van der Waals surface area contributed by atoms with Gasteiger partial charge >= 0.3 is 0 Å². The molecule has 0 saturated heterocycles. The first-order valence-corrected chi connectivity index (χ1v) is 5.11. The topological polar surface area (TPSA) is 35.5 Å². The second-order valence-electron chi connectivity index (χ2n) is 4.61. The monoisotopic (exact) mass is 208 g/mol. The number of aliphatic hydroxyl groups excluding tert-OH is 1. The summed E-state index contributed by atoms with van der Waals surface area (Å²) in [5.41, 5.74) is 1.89. The van der Waals surface area contributed by atoms with Crippen molar-refractivity contribution in [3.63, 3.8) is 0 Å². The first kappa shape index (κ1) is 11.9. The van der Waals surface area contributed by atoms with E-state index in [4.69, 9.17) is 5.11 Å². The van der Waals surface area contributed by atoms with Gasteiger partial charge in [-0.1, -0.05) is 6.07 Å². The van der Waals surface area contributed by atoms with Crippen LogP contribution in [0.3, 0.4) is 0 Å². The quantitative estimate of drug-likeness (QED) is 0.793. The number of nitrogens with one attached hydrogen (secondary N) is 1. The predicted octanol–water partition coefficient (Wildman–Crippen LogP) is 1.94. The van der Waals surface area contributed by atoms with Gasteiger partial charge in [0.25, 0.3) is 0 Å². The predicted molar refractivity (Wildman–Crippen MR) is 65.6 cm³/mol. The summed E-state index contributed by atoms with van der Waals surface area (Å²) in [6.07, 6.45) is 0. The lowest BCUT2D eigenvalue weighted by Crippen LogP contribution is -2.34. The average Bonchev–Trinajstić information content (AvgIpc) is 2.17. The fraction of sp³-hybridized carbons (Fsp3) is 0.500. The van der Waals surface area contributed by atoms with E-state index in [2.05, 4.69) is 22.3 Å². The number of anilines is 2. The Hall–Kier alpha value is -1.22. The molecule has 15 heavy (non-hydrogen) atoms. The first-order chi connectivity index (χ1) is 6.94. The highest BCUT2D eigenvalue weighted by atomic mass is 16.3. The molecule has 0 aromatic heterocycles. The minimum atomic E-state index is -0.287. The highest BCUT2D eigenvalue weighted by molar-refractivity contribution is 5.58. The molecule has 84 valence electrons. The third-order valence-corrected chi connectivity index (χ3v) is 2.24. The summed E-state index contributed by atoms with van der Waals surface area (Å²) in [6.45, 7) is 4.05. The minimum absolute atomic E-state index is 0.110. The third kappa shape index (κ3) is 3.44. The minimum Gasteiger partial charge on any atom is -0.394 e. The summed E-state index contributed by atoms with van der Waals surface area (Å²) in [5, 5.41) is 12.4. The van der Waals surface area contributed by atoms with Gasteiger partial charge < -0.3 is 15.3 Å². The largest absolute Gasteiger partial charge is 0.394 e. The maximum Gasteiger partial charge on any atom is 0.0656 e. The Bertz CT molecular complexity index is 321. The normalized spacial score (nSPS) is 11.3. The highest BCUT2D eigenvalue weighted by Crippen LogP contribution is 2.20. The van der Waals surface area contributed by atoms with Crippen LogP contribution in [0.25, 0.3) is 0 Å². The molecule has 3 nitrogen and oxygen atoms in total. The maximum absolute atomic E-state index is 9.16. The van der Waals surface area contributed by atoms with Gasteiger partial charge in [0.2, 0.25) is 0 Å². The molecule has 0 spiro atoms. The summed E-state index contributed by atoms with van der Waals surface area (Å²) < 4.78 is 0. The maximum atomic E-state index is 9.16. The van der Waals surface area contributed by atoms with Gasteiger partial charge in [0.15, 0.2) is 0 Å². The molecule has 0 unspecified atom stereocenters. The Labute approximate surface area is 91.7 Å². The second-order valence-corrected chi connectivity index (χ2v) is 4.61. The summed E-state index contributed by atoms with van der Waals surface area (Å²) in [5.74, 6) is 0. The molecule has 0 aliphatic heterocycles. The van der Waals surface area contributed by atoms with Crippen LogP contribution in [0.1, 0.15) is 13.8 Å². The van der Waals surface area contributed by atoms with Crippen LogP contribution in [0.5, 0.6) is 0 Å². The fourth-order valence-corrected chi connectivity index (χ4v) is 1.29. The van der Waals surface area contributed by atoms with Gasteiger partial charge in [-0.3, -0.25) is 0 Å². The van der Waals surface area contributed by atoms with Crippen molar-refractivity contribution < 1.29 is 5.11 Å². The van der Waals surface area contributed by atoms with E-state index in [1.165, 1.54) is 0 Å². The molecule has 0 aliphatic carbocycles. The molecular weight excluding hydrogens is 188 g/mol. The lowest BCUT2D eigenvalue weighted by molar-refractivity contribution is 0.234. The van der Waals surface area contributed by atoms with Gasteiger partial charge in [0.05, 0.1) is 12.1 Å². The van der Waals surface area contributed by atoms with Crippen molar-refractivity contribution >= 4 is 11.4 Å². The van der Waals surface area contributed by atoms with E-state index in [0.29, 0.717) is 0 Å². The Morgan fingerprint density at radius 1 is 1.33 bits per heavy atom. The van der Waals surface area contributed by atoms with E-state index in [1.807, 2.05) is 40.1 Å². The molecule has 0 heterocycles. The van der Waals surface area contributed by atoms with Crippen molar-refractivity contribution in [1.29, 1.82) is 0 Å². The number of nitrogens with zero attached hydrogens (tertiary/aromatic N) is 1. The Morgan fingerprint density at radius 2 is 2.00 bits per heavy atom. The zero-order valence-corrected chi connectivity index (χ0v) is 9.91. The van der Waals surface area contributed by atoms with Crippen molar-refractivity contribution in [3.05, 3.63) is 24.3 Å². The van der Waals surface area contributed by atoms with Crippen LogP contribution >= 0.6 is 0 Å². The van der Waals surface area contributed by atoms with Crippen LogP contribution in [-0.4, -0.2) is 31.3 Å². The van der Waals surface area contributed by atoms with Gasteiger partial charge in [0.1, 0.15) is 0 Å². The van der Waals surface area contributed by atoms with Crippen LogP contribution in [-0.2, 0) is 0 Å². The van der Waals surface area contributed by atoms with Crippen molar-refractivity contribution in [2.75, 3.05) is 30.9 Å². The van der Waals surface area contributed by atoms with E-state index in [1.54, 1.807) is 0 Å². The molecule has 0 saturated carbocycles. The second kappa shape index (κ2) is 4.53. The summed E-state index contributed by atoms with van der Waals surface area (Å²) >= 11 is 0. The van der Waals surface area contributed by atoms with E-state index in [9.17, 15) is 0 Å². The van der Waals surface area contributed by atoms with Crippen LogP contribution in [0.2, 0.25) is 0 Å². The van der Waals surface area contributed by atoms with Gasteiger partial charge in [-0.05, 0) is 32.0 Å². The van der Waals surface area contributed by atoms with Crippen molar-refractivity contribution in [3.8, 4) is 0 Å². The Morgan fingerprint density at radius 3 is 2.53 bits per heavy atom. The molecule has 0 aliphatic rings. The highest BCUT2D eigenvalue weighted by Gasteiger charge is 2.15. The van der Waals surface area contributed by atoms with Crippen LogP contribution in [0.4, 0.5) is 11.4 Å². The van der Waals surface area contributed by atoms with Crippen LogP contribution in [0, 0.1) is 0 Å². The molecule has 2 N–H and O–H groups in total. The van der Waals surface area contributed by atoms with E-state index in [0.717, 1.165) is 11.4 Å². The SMILES string of the molecule is CN(C)c1cccc(NC(C)(C)CO)c1. The third-order valence-electron chi connectivity index (χ3n) is 2.24. The Kier molecular flexibility index (Phi) is 3.58. The van der Waals surface area contributed by atoms with Crippen molar-refractivity contribution in [2.45, 2.75) is 19.4 Å². The first-order valence-electron chi connectivity index (χ1n) is 5.11. The molecule has 1 rings (SSSR count). The summed E-state index contributed by atoms with van der Waals surface area (Å²) in [6, 6.07) is 8.13. The zero-order chi connectivity index (χ0) is 11.5. The summed E-state index contributed by atoms with van der Waals surface area (Å²) in [7, 11) is 4.02. The molecule has 0 radical (unpaired) electrons. The van der Waals surface area contributed by atoms with Gasteiger partial charge in [-0.25, -0.2) is 0 Å². The molecular formula is C12H20N2O. The lowest BCUT2D eigenvalue weighted by atomic mass is 10.1. The number of hydrogen-bond acceptors (Lipinski definition) is 3. The van der Waals surface area contributed by atoms with Crippen LogP contribution in [0.15, 0.2) is 24.3 Å². The number of rotatable bonds is 4. The lowest BCUT2D eigenvalue weighted by Gasteiger charge is -2.25. The smallest absolute Gasteiger partial charge is 0.0656 e. The van der Waals surface area contributed by atoms with E-state index >= 15 is 0 Å².